The molecule has 17 heteroatoms. The van der Waals surface area contributed by atoms with Gasteiger partial charge in [0.05, 0.1) is 35.5 Å². The first-order valence-corrected chi connectivity index (χ1v) is 21.6. The number of carbonyl (C=O) groups is 3. The molecule has 5 rings (SSSR count). The lowest BCUT2D eigenvalue weighted by Gasteiger charge is -2.47. The normalized spacial score (nSPS) is 36.6. The fraction of sp³-hybridized carbons (Fsp3) is 0.727. The number of amides is 1. The van der Waals surface area contributed by atoms with E-state index in [0.717, 1.165) is 11.3 Å². The molecule has 3 saturated heterocycles. The number of hydrogen-bond acceptors (Lipinski definition) is 15. The molecule has 61 heavy (non-hydrogen) atoms. The third kappa shape index (κ3) is 10.1. The topological polar surface area (TPSA) is 188 Å². The van der Waals surface area contributed by atoms with Crippen molar-refractivity contribution in [1.29, 1.82) is 0 Å². The van der Waals surface area contributed by atoms with Gasteiger partial charge in [-0.25, -0.2) is 20.2 Å². The lowest BCUT2D eigenvalue weighted by molar-refractivity contribution is -0.295. The van der Waals surface area contributed by atoms with Crippen LogP contribution < -0.4 is 5.43 Å². The number of pyridine rings is 1. The summed E-state index contributed by atoms with van der Waals surface area (Å²) in [7, 11) is 6.78. The van der Waals surface area contributed by atoms with Crippen molar-refractivity contribution < 1.29 is 48.0 Å². The summed E-state index contributed by atoms with van der Waals surface area (Å²) in [5.41, 5.74) is 3.06. The number of cyclic esters (lactones) is 1. The van der Waals surface area contributed by atoms with Gasteiger partial charge in [-0.2, -0.15) is 0 Å². The maximum atomic E-state index is 14.5. The number of Topliss-reactive ketones (excluding diaryl/α,β-unsaturated/α-hetero) is 1. The SMILES string of the molecule is CC[C@H]1OC(=O)[C@H](C)C(=O)[C@H](C)[C@@H](O[C@@H]2O[C@H](C)C[C@H](N(C)C)[C@H]2O)[C@](C)(OC)C[C@@H](C)/C(=N\OC)[C@H](C)[C@H]2N(NCC[C@@H](C)n3cnc(-c4cccnc4)c3)C(=O)O[C@]12C. The number of nitrogens with zero attached hydrogens (tertiary/aromatic N) is 6. The molecule has 0 unspecified atom stereocenters. The number of carbonyl (C=O) groups excluding carboxylic acids is 3. The Hall–Kier alpha value is -4.00. The highest BCUT2D eigenvalue weighted by Gasteiger charge is 2.60. The highest BCUT2D eigenvalue weighted by molar-refractivity contribution is 6.00. The second-order valence-corrected chi connectivity index (χ2v) is 17.8. The lowest BCUT2D eigenvalue weighted by atomic mass is 9.73. The second-order valence-electron chi connectivity index (χ2n) is 17.8. The zero-order valence-corrected chi connectivity index (χ0v) is 38.2. The number of aliphatic hydroxyl groups excluding tert-OH is 1. The fourth-order valence-electron chi connectivity index (χ4n) is 9.61. The van der Waals surface area contributed by atoms with Gasteiger partial charge in [-0.15, -0.1) is 0 Å². The van der Waals surface area contributed by atoms with Gasteiger partial charge in [0.25, 0.3) is 0 Å². The monoisotopic (exact) mass is 856 g/mol. The standard InChI is InChI=1S/C44H69N7O10/c1-14-34-44(9)38(51(42(55)61-44)47-19-17-26(3)50-23-32(46-24-50)31-16-15-18-45-22-31)28(5)35(48-57-13)25(2)21-43(8,56-12)39(29(6)36(52)30(7)40(54)59-34)60-41-37(53)33(49(10)11)20-27(4)58-41/h15-16,18,22-30,33-34,37-39,41,47,53H,14,17,19-21H2,1-13H3/b48-35+/t25-,26-,27-,28+,29+,30-,33+,34-,37-,38-,39-,41+,43-,44-/m1/s1. The van der Waals surface area contributed by atoms with Crippen LogP contribution in [0.3, 0.4) is 0 Å². The summed E-state index contributed by atoms with van der Waals surface area (Å²) in [6, 6.07) is 2.80. The van der Waals surface area contributed by atoms with E-state index >= 15 is 0 Å². The number of likely N-dealkylation sites (N-methyl/N-ethyl adjacent to an activating group) is 1. The fourth-order valence-corrected chi connectivity index (χ4v) is 9.61. The number of fused-ring (bicyclic) bond motifs is 1. The largest absolute Gasteiger partial charge is 0.458 e. The van der Waals surface area contributed by atoms with Gasteiger partial charge in [-0.3, -0.25) is 14.6 Å². The van der Waals surface area contributed by atoms with Crippen LogP contribution in [0.2, 0.25) is 0 Å². The summed E-state index contributed by atoms with van der Waals surface area (Å²) >= 11 is 0. The molecular weight excluding hydrogens is 787 g/mol. The van der Waals surface area contributed by atoms with Crippen LogP contribution in [0.25, 0.3) is 11.3 Å². The van der Waals surface area contributed by atoms with E-state index in [0.29, 0.717) is 25.1 Å². The first-order valence-electron chi connectivity index (χ1n) is 21.6. The van der Waals surface area contributed by atoms with E-state index in [1.807, 2.05) is 76.5 Å². The Kier molecular flexibility index (Phi) is 15.8. The Morgan fingerprint density at radius 2 is 1.84 bits per heavy atom. The molecule has 0 aliphatic carbocycles. The van der Waals surface area contributed by atoms with Gasteiger partial charge in [-0.1, -0.05) is 32.9 Å². The predicted octanol–water partition coefficient (Wildman–Crippen LogP) is 5.04. The summed E-state index contributed by atoms with van der Waals surface area (Å²) in [6.45, 7) is 17.0. The van der Waals surface area contributed by atoms with Crippen LogP contribution in [0.15, 0.2) is 42.2 Å². The number of rotatable bonds is 12. The first-order chi connectivity index (χ1) is 28.8. The quantitative estimate of drug-likeness (QED) is 0.164. The van der Waals surface area contributed by atoms with Gasteiger partial charge in [0, 0.05) is 67.6 Å². The minimum atomic E-state index is -1.39. The lowest BCUT2D eigenvalue weighted by Crippen LogP contribution is -2.61. The third-order valence-corrected chi connectivity index (χ3v) is 13.2. The molecule has 5 heterocycles. The second kappa shape index (κ2) is 20.0. The number of hydrazine groups is 1. The number of ketones is 1. The number of hydrogen-bond donors (Lipinski definition) is 2. The number of methoxy groups -OCH3 is 1. The van der Waals surface area contributed by atoms with E-state index in [1.165, 1.54) is 19.0 Å². The van der Waals surface area contributed by atoms with Gasteiger partial charge in [0.15, 0.2) is 17.7 Å². The highest BCUT2D eigenvalue weighted by atomic mass is 16.7. The van der Waals surface area contributed by atoms with E-state index in [2.05, 4.69) is 27.5 Å². The van der Waals surface area contributed by atoms with Gasteiger partial charge in [0.2, 0.25) is 0 Å². The van der Waals surface area contributed by atoms with Crippen molar-refractivity contribution in [3.63, 3.8) is 0 Å². The molecule has 3 aliphatic rings. The Labute approximate surface area is 360 Å². The average molecular weight is 856 g/mol. The van der Waals surface area contributed by atoms with Crippen molar-refractivity contribution in [2.75, 3.05) is 34.9 Å². The molecule has 2 aromatic heterocycles. The summed E-state index contributed by atoms with van der Waals surface area (Å²) in [4.78, 5) is 58.8. The van der Waals surface area contributed by atoms with Crippen molar-refractivity contribution in [1.82, 2.24) is 29.9 Å². The van der Waals surface area contributed by atoms with Crippen LogP contribution in [0.5, 0.6) is 0 Å². The van der Waals surface area contributed by atoms with Crippen molar-refractivity contribution in [3.8, 4) is 11.3 Å². The van der Waals surface area contributed by atoms with E-state index in [1.54, 1.807) is 39.7 Å². The zero-order chi connectivity index (χ0) is 45.0. The summed E-state index contributed by atoms with van der Waals surface area (Å²) in [5, 5.41) is 17.6. The van der Waals surface area contributed by atoms with Gasteiger partial charge >= 0.3 is 12.1 Å². The highest BCUT2D eigenvalue weighted by Crippen LogP contribution is 2.43. The molecule has 340 valence electrons. The Balaban J connectivity index is 1.50. The number of nitrogens with one attached hydrogen (secondary N) is 1. The van der Waals surface area contributed by atoms with Crippen molar-refractivity contribution in [2.24, 2.45) is 28.8 Å². The summed E-state index contributed by atoms with van der Waals surface area (Å²) < 4.78 is 33.7. The van der Waals surface area contributed by atoms with Crippen molar-refractivity contribution >= 4 is 23.6 Å². The predicted molar refractivity (Wildman–Crippen MR) is 227 cm³/mol. The first kappa shape index (κ1) is 48.0. The van der Waals surface area contributed by atoms with Gasteiger partial charge in [0.1, 0.15) is 31.3 Å². The molecule has 3 fully saturated rings. The molecule has 3 aliphatic heterocycles. The Bertz CT molecular complexity index is 1830. The van der Waals surface area contributed by atoms with Gasteiger partial charge < -0.3 is 43.1 Å². The van der Waals surface area contributed by atoms with E-state index < -0.39 is 77.4 Å². The van der Waals surface area contributed by atoms with E-state index in [9.17, 15) is 19.5 Å². The minimum Gasteiger partial charge on any atom is -0.458 e. The molecule has 0 bridgehead atoms. The molecule has 0 aromatic carbocycles. The molecule has 1 amide bonds. The number of aliphatic hydroxyl groups is 1. The molecule has 14 atom stereocenters. The third-order valence-electron chi connectivity index (χ3n) is 13.2. The van der Waals surface area contributed by atoms with Crippen LogP contribution >= 0.6 is 0 Å². The number of esters is 1. The zero-order valence-electron chi connectivity index (χ0n) is 38.2. The van der Waals surface area contributed by atoms with Crippen LogP contribution in [0.4, 0.5) is 4.79 Å². The Morgan fingerprint density at radius 1 is 1.11 bits per heavy atom. The number of aromatic nitrogens is 3. The maximum Gasteiger partial charge on any atom is 0.425 e. The molecule has 0 radical (unpaired) electrons. The average Bonchev–Trinajstić information content (AvgIpc) is 3.83. The summed E-state index contributed by atoms with van der Waals surface area (Å²) in [5.74, 6) is -4.27. The van der Waals surface area contributed by atoms with Crippen LogP contribution in [-0.2, 0) is 38.1 Å². The molecular formula is C44H69N7O10. The van der Waals surface area contributed by atoms with E-state index in [4.69, 9.17) is 28.5 Å². The summed E-state index contributed by atoms with van der Waals surface area (Å²) in [6.07, 6.45) is 4.01. The number of imidazole rings is 1. The van der Waals surface area contributed by atoms with Crippen LogP contribution in [-0.4, -0.2) is 142 Å². The number of oxime groups is 1. The van der Waals surface area contributed by atoms with Crippen molar-refractivity contribution in [3.05, 3.63) is 37.1 Å². The molecule has 2 aromatic rings. The van der Waals surface area contributed by atoms with Crippen molar-refractivity contribution in [2.45, 2.75) is 148 Å². The van der Waals surface area contributed by atoms with Crippen LogP contribution in [0.1, 0.15) is 94.0 Å². The molecule has 2 N–H and O–H groups in total. The molecule has 17 nitrogen and oxygen atoms in total. The van der Waals surface area contributed by atoms with Gasteiger partial charge in [-0.05, 0) is 86.5 Å². The Morgan fingerprint density at radius 3 is 2.46 bits per heavy atom. The molecule has 0 spiro atoms. The molecule has 0 saturated carbocycles. The van der Waals surface area contributed by atoms with Crippen LogP contribution in [0, 0.1) is 23.7 Å². The minimum absolute atomic E-state index is 0.00670. The smallest absolute Gasteiger partial charge is 0.425 e. The number of ether oxygens (including phenoxy) is 5. The van der Waals surface area contributed by atoms with E-state index in [-0.39, 0.29) is 36.9 Å². The maximum absolute atomic E-state index is 14.5.